The molecule has 3 aliphatic rings. The minimum atomic E-state index is 0.187. The number of amides is 1. The Bertz CT molecular complexity index is 333. The molecule has 2 heterocycles. The number of nitrogens with two attached hydrogens (primary N) is 1. The van der Waals surface area contributed by atoms with E-state index in [0.29, 0.717) is 18.5 Å². The predicted molar refractivity (Wildman–Crippen MR) is 75.6 cm³/mol. The number of piperidine rings is 1. The van der Waals surface area contributed by atoms with Gasteiger partial charge >= 0.3 is 0 Å². The van der Waals surface area contributed by atoms with E-state index in [1.165, 1.54) is 32.4 Å². The normalized spacial score (nSPS) is 39.2. The molecule has 3 fully saturated rings. The summed E-state index contributed by atoms with van der Waals surface area (Å²) in [5, 5.41) is 3.32. The second kappa shape index (κ2) is 5.80. The predicted octanol–water partition coefficient (Wildman–Crippen LogP) is 1.10. The maximum Gasteiger partial charge on any atom is 0.223 e. The lowest BCUT2D eigenvalue weighted by molar-refractivity contribution is -0.127. The molecule has 0 aromatic heterocycles. The maximum absolute atomic E-state index is 12.4. The van der Waals surface area contributed by atoms with Gasteiger partial charge in [0.2, 0.25) is 5.91 Å². The molecule has 4 heteroatoms. The zero-order valence-corrected chi connectivity index (χ0v) is 11.8. The molecule has 3 rings (SSSR count). The van der Waals surface area contributed by atoms with Crippen LogP contribution < -0.4 is 11.1 Å². The Morgan fingerprint density at radius 3 is 2.89 bits per heavy atom. The lowest BCUT2D eigenvalue weighted by Crippen LogP contribution is -2.49. The third-order valence-electron chi connectivity index (χ3n) is 5.47. The van der Waals surface area contributed by atoms with Gasteiger partial charge in [0.05, 0.1) is 0 Å². The Labute approximate surface area is 116 Å². The first-order valence-corrected chi connectivity index (χ1v) is 8.02. The summed E-state index contributed by atoms with van der Waals surface area (Å²) < 4.78 is 0. The number of carbonyl (C=O) groups is 1. The molecular weight excluding hydrogens is 238 g/mol. The number of rotatable bonds is 3. The Morgan fingerprint density at radius 2 is 2.05 bits per heavy atom. The van der Waals surface area contributed by atoms with Gasteiger partial charge in [-0.1, -0.05) is 6.42 Å². The molecule has 0 spiro atoms. The van der Waals surface area contributed by atoms with Gasteiger partial charge in [-0.15, -0.1) is 0 Å². The highest BCUT2D eigenvalue weighted by Crippen LogP contribution is 2.32. The summed E-state index contributed by atoms with van der Waals surface area (Å²) in [6.07, 6.45) is 8.28. The monoisotopic (exact) mass is 265 g/mol. The number of carbonyl (C=O) groups excluding carboxylic acids is 1. The van der Waals surface area contributed by atoms with Crippen molar-refractivity contribution in [3.05, 3.63) is 0 Å². The molecule has 1 aliphatic carbocycles. The van der Waals surface area contributed by atoms with Gasteiger partial charge in [0.25, 0.3) is 0 Å². The van der Waals surface area contributed by atoms with Crippen LogP contribution in [-0.2, 0) is 4.79 Å². The molecule has 4 atom stereocenters. The van der Waals surface area contributed by atoms with Crippen LogP contribution in [0.25, 0.3) is 0 Å². The molecule has 3 N–H and O–H groups in total. The average Bonchev–Trinajstić information content (AvgIpc) is 3.06. The van der Waals surface area contributed by atoms with Crippen LogP contribution >= 0.6 is 0 Å². The number of nitrogens with one attached hydrogen (secondary N) is 1. The van der Waals surface area contributed by atoms with Crippen molar-refractivity contribution >= 4 is 5.91 Å². The quantitative estimate of drug-likeness (QED) is 0.803. The first kappa shape index (κ1) is 13.4. The molecule has 0 aromatic rings. The van der Waals surface area contributed by atoms with E-state index in [1.54, 1.807) is 0 Å². The fourth-order valence-electron chi connectivity index (χ4n) is 4.33. The van der Waals surface area contributed by atoms with Gasteiger partial charge in [0.1, 0.15) is 0 Å². The van der Waals surface area contributed by atoms with Crippen LogP contribution in [0, 0.1) is 11.8 Å². The molecule has 2 saturated heterocycles. The molecule has 0 radical (unpaired) electrons. The first-order valence-electron chi connectivity index (χ1n) is 8.02. The second-order valence-corrected chi connectivity index (χ2v) is 6.60. The van der Waals surface area contributed by atoms with Crippen molar-refractivity contribution in [2.75, 3.05) is 19.6 Å². The van der Waals surface area contributed by atoms with Crippen LogP contribution in [-0.4, -0.2) is 42.5 Å². The van der Waals surface area contributed by atoms with Crippen molar-refractivity contribution in [3.8, 4) is 0 Å². The zero-order chi connectivity index (χ0) is 13.2. The molecule has 19 heavy (non-hydrogen) atoms. The van der Waals surface area contributed by atoms with Gasteiger partial charge < -0.3 is 16.0 Å². The highest BCUT2D eigenvalue weighted by Gasteiger charge is 2.36. The van der Waals surface area contributed by atoms with E-state index in [4.69, 9.17) is 5.73 Å². The summed E-state index contributed by atoms with van der Waals surface area (Å²) in [6, 6.07) is 1.14. The summed E-state index contributed by atoms with van der Waals surface area (Å²) in [4.78, 5) is 15.0. The van der Waals surface area contributed by atoms with Crippen LogP contribution in [0.5, 0.6) is 0 Å². The van der Waals surface area contributed by atoms with Crippen LogP contribution in [0.4, 0.5) is 0 Å². The number of nitrogens with zero attached hydrogens (tertiary/aromatic N) is 1. The van der Waals surface area contributed by atoms with E-state index in [0.717, 1.165) is 31.7 Å². The molecule has 108 valence electrons. The number of fused-ring (bicyclic) bond motifs is 1. The molecule has 0 aromatic carbocycles. The largest absolute Gasteiger partial charge is 0.353 e. The third kappa shape index (κ3) is 2.79. The van der Waals surface area contributed by atoms with E-state index in [1.807, 2.05) is 0 Å². The van der Waals surface area contributed by atoms with Crippen molar-refractivity contribution in [2.24, 2.45) is 17.6 Å². The van der Waals surface area contributed by atoms with Gasteiger partial charge in [-0.2, -0.15) is 0 Å². The van der Waals surface area contributed by atoms with Crippen LogP contribution in [0.1, 0.15) is 44.9 Å². The van der Waals surface area contributed by atoms with E-state index in [9.17, 15) is 4.79 Å². The highest BCUT2D eigenvalue weighted by molar-refractivity contribution is 5.79. The van der Waals surface area contributed by atoms with Crippen LogP contribution in [0.15, 0.2) is 0 Å². The molecular formula is C15H27N3O. The summed E-state index contributed by atoms with van der Waals surface area (Å²) in [7, 11) is 0. The standard InChI is InChI=1S/C15H27N3O/c16-10-11-3-1-5-14(11)15(19)17-12-6-8-18-7-2-4-13(18)9-12/h11-14H,1-10,16H2,(H,17,19). The molecule has 1 amide bonds. The smallest absolute Gasteiger partial charge is 0.223 e. The van der Waals surface area contributed by atoms with E-state index in [-0.39, 0.29) is 11.8 Å². The van der Waals surface area contributed by atoms with Crippen LogP contribution in [0.3, 0.4) is 0 Å². The Kier molecular flexibility index (Phi) is 4.08. The average molecular weight is 265 g/mol. The van der Waals surface area contributed by atoms with Gasteiger partial charge in [0, 0.05) is 24.5 Å². The molecule has 1 saturated carbocycles. The molecule has 4 nitrogen and oxygen atoms in total. The topological polar surface area (TPSA) is 58.4 Å². The van der Waals surface area contributed by atoms with Gasteiger partial charge in [-0.3, -0.25) is 4.79 Å². The molecule has 0 bridgehead atoms. The van der Waals surface area contributed by atoms with Crippen molar-refractivity contribution in [3.63, 3.8) is 0 Å². The SMILES string of the molecule is NCC1CCCC1C(=O)NC1CCN2CCCC2C1. The van der Waals surface area contributed by atoms with Crippen molar-refractivity contribution < 1.29 is 4.79 Å². The van der Waals surface area contributed by atoms with Gasteiger partial charge in [-0.05, 0) is 57.5 Å². The van der Waals surface area contributed by atoms with Crippen molar-refractivity contribution in [1.29, 1.82) is 0 Å². The molecule has 4 unspecified atom stereocenters. The first-order chi connectivity index (χ1) is 9.28. The highest BCUT2D eigenvalue weighted by atomic mass is 16.2. The van der Waals surface area contributed by atoms with Crippen LogP contribution in [0.2, 0.25) is 0 Å². The van der Waals surface area contributed by atoms with Gasteiger partial charge in [0.15, 0.2) is 0 Å². The van der Waals surface area contributed by atoms with Gasteiger partial charge in [-0.25, -0.2) is 0 Å². The Hall–Kier alpha value is -0.610. The Balaban J connectivity index is 1.52. The number of hydrogen-bond acceptors (Lipinski definition) is 3. The zero-order valence-electron chi connectivity index (χ0n) is 11.8. The summed E-state index contributed by atoms with van der Waals surface area (Å²) in [6.45, 7) is 3.10. The maximum atomic E-state index is 12.4. The lowest BCUT2D eigenvalue weighted by Gasteiger charge is -2.35. The minimum Gasteiger partial charge on any atom is -0.353 e. The van der Waals surface area contributed by atoms with E-state index < -0.39 is 0 Å². The summed E-state index contributed by atoms with van der Waals surface area (Å²) in [5.41, 5.74) is 5.78. The second-order valence-electron chi connectivity index (χ2n) is 6.60. The lowest BCUT2D eigenvalue weighted by atomic mass is 9.93. The number of hydrogen-bond donors (Lipinski definition) is 2. The van der Waals surface area contributed by atoms with E-state index in [2.05, 4.69) is 10.2 Å². The summed E-state index contributed by atoms with van der Waals surface area (Å²) in [5.74, 6) is 0.891. The van der Waals surface area contributed by atoms with Crippen molar-refractivity contribution in [1.82, 2.24) is 10.2 Å². The Morgan fingerprint density at radius 1 is 1.16 bits per heavy atom. The van der Waals surface area contributed by atoms with E-state index >= 15 is 0 Å². The fraction of sp³-hybridized carbons (Fsp3) is 0.933. The molecule has 2 aliphatic heterocycles. The van der Waals surface area contributed by atoms with Crippen molar-refractivity contribution in [2.45, 2.75) is 57.0 Å². The summed E-state index contributed by atoms with van der Waals surface area (Å²) >= 11 is 0. The minimum absolute atomic E-state index is 0.187. The third-order valence-corrected chi connectivity index (χ3v) is 5.47. The fourth-order valence-corrected chi connectivity index (χ4v) is 4.33.